The molecule has 0 bridgehead atoms. The van der Waals surface area contributed by atoms with Crippen LogP contribution in [0.3, 0.4) is 0 Å². The van der Waals surface area contributed by atoms with Gasteiger partial charge in [0.25, 0.3) is 0 Å². The molecule has 2 aliphatic rings. The Morgan fingerprint density at radius 3 is 2.55 bits per heavy atom. The predicted octanol–water partition coefficient (Wildman–Crippen LogP) is 1.73. The molecule has 3 atom stereocenters. The summed E-state index contributed by atoms with van der Waals surface area (Å²) in [5.41, 5.74) is 0. The summed E-state index contributed by atoms with van der Waals surface area (Å²) in [5, 5.41) is 9.17. The fraction of sp³-hybridized carbons (Fsp3) is 0.938. The SMILES string of the molecule is CC1CC(C)CN(C(=O)CN2CCCCC2CCO)C1. The van der Waals surface area contributed by atoms with Crippen molar-refractivity contribution in [1.82, 2.24) is 9.80 Å². The number of likely N-dealkylation sites (tertiary alicyclic amines) is 2. The molecule has 2 fully saturated rings. The monoisotopic (exact) mass is 282 g/mol. The third kappa shape index (κ3) is 4.19. The van der Waals surface area contributed by atoms with Crippen LogP contribution in [0.25, 0.3) is 0 Å². The van der Waals surface area contributed by atoms with Crippen LogP contribution in [-0.2, 0) is 4.79 Å². The molecular formula is C16H30N2O2. The van der Waals surface area contributed by atoms with Crippen molar-refractivity contribution < 1.29 is 9.90 Å². The van der Waals surface area contributed by atoms with E-state index in [4.69, 9.17) is 5.11 Å². The molecule has 0 saturated carbocycles. The first-order valence-electron chi connectivity index (χ1n) is 8.22. The molecule has 0 aromatic carbocycles. The number of carbonyl (C=O) groups is 1. The minimum absolute atomic E-state index is 0.229. The van der Waals surface area contributed by atoms with E-state index in [1.807, 2.05) is 0 Å². The normalized spacial score (nSPS) is 32.4. The van der Waals surface area contributed by atoms with Gasteiger partial charge >= 0.3 is 0 Å². The molecule has 2 heterocycles. The third-order valence-electron chi connectivity index (χ3n) is 4.77. The van der Waals surface area contributed by atoms with Crippen LogP contribution in [-0.4, -0.2) is 59.6 Å². The molecule has 1 N–H and O–H groups in total. The third-order valence-corrected chi connectivity index (χ3v) is 4.77. The zero-order valence-electron chi connectivity index (χ0n) is 13.1. The molecule has 2 aliphatic heterocycles. The number of carbonyl (C=O) groups excluding carboxylic acids is 1. The van der Waals surface area contributed by atoms with Gasteiger partial charge in [0.2, 0.25) is 5.91 Å². The molecule has 0 radical (unpaired) electrons. The van der Waals surface area contributed by atoms with Gasteiger partial charge < -0.3 is 10.0 Å². The lowest BCUT2D eigenvalue weighted by molar-refractivity contribution is -0.136. The van der Waals surface area contributed by atoms with E-state index in [1.165, 1.54) is 19.3 Å². The average Bonchev–Trinajstić information content (AvgIpc) is 2.40. The highest BCUT2D eigenvalue weighted by molar-refractivity contribution is 5.78. The number of rotatable bonds is 4. The van der Waals surface area contributed by atoms with E-state index in [-0.39, 0.29) is 12.5 Å². The van der Waals surface area contributed by atoms with Gasteiger partial charge in [-0.05, 0) is 44.1 Å². The van der Waals surface area contributed by atoms with Crippen molar-refractivity contribution in [1.29, 1.82) is 0 Å². The Hall–Kier alpha value is -0.610. The lowest BCUT2D eigenvalue weighted by Crippen LogP contribution is -2.50. The zero-order chi connectivity index (χ0) is 14.5. The quantitative estimate of drug-likeness (QED) is 0.854. The number of amides is 1. The summed E-state index contributed by atoms with van der Waals surface area (Å²) < 4.78 is 0. The van der Waals surface area contributed by atoms with E-state index >= 15 is 0 Å². The smallest absolute Gasteiger partial charge is 0.236 e. The number of hydrogen-bond acceptors (Lipinski definition) is 3. The Morgan fingerprint density at radius 1 is 1.20 bits per heavy atom. The second-order valence-electron chi connectivity index (χ2n) is 6.88. The molecule has 1 amide bonds. The maximum atomic E-state index is 12.5. The molecule has 3 unspecified atom stereocenters. The zero-order valence-corrected chi connectivity index (χ0v) is 13.1. The molecule has 2 saturated heterocycles. The molecule has 4 nitrogen and oxygen atoms in total. The molecule has 116 valence electrons. The maximum Gasteiger partial charge on any atom is 0.236 e. The van der Waals surface area contributed by atoms with E-state index in [1.54, 1.807) is 0 Å². The Kier molecular flexibility index (Phi) is 5.85. The molecule has 2 rings (SSSR count). The van der Waals surface area contributed by atoms with Crippen molar-refractivity contribution in [3.8, 4) is 0 Å². The van der Waals surface area contributed by atoms with Gasteiger partial charge in [0.1, 0.15) is 0 Å². The van der Waals surface area contributed by atoms with Crippen LogP contribution in [0.5, 0.6) is 0 Å². The average molecular weight is 282 g/mol. The van der Waals surface area contributed by atoms with E-state index in [9.17, 15) is 4.79 Å². The maximum absolute atomic E-state index is 12.5. The minimum atomic E-state index is 0.229. The van der Waals surface area contributed by atoms with Gasteiger partial charge in [0.15, 0.2) is 0 Å². The van der Waals surface area contributed by atoms with E-state index in [2.05, 4.69) is 23.6 Å². The molecule has 0 spiro atoms. The first-order chi connectivity index (χ1) is 9.60. The van der Waals surface area contributed by atoms with Crippen molar-refractivity contribution in [3.63, 3.8) is 0 Å². The van der Waals surface area contributed by atoms with E-state index in [0.29, 0.717) is 24.4 Å². The lowest BCUT2D eigenvalue weighted by Gasteiger charge is -2.39. The van der Waals surface area contributed by atoms with Crippen LogP contribution in [0, 0.1) is 11.8 Å². The summed E-state index contributed by atoms with van der Waals surface area (Å²) in [6, 6.07) is 0.400. The van der Waals surface area contributed by atoms with Gasteiger partial charge in [-0.2, -0.15) is 0 Å². The van der Waals surface area contributed by atoms with Crippen LogP contribution in [0.1, 0.15) is 46.0 Å². The second kappa shape index (κ2) is 7.41. The second-order valence-corrected chi connectivity index (χ2v) is 6.88. The van der Waals surface area contributed by atoms with Gasteiger partial charge in [-0.15, -0.1) is 0 Å². The Bertz CT molecular complexity index is 310. The summed E-state index contributed by atoms with van der Waals surface area (Å²) >= 11 is 0. The molecule has 0 aromatic rings. The van der Waals surface area contributed by atoms with Crippen molar-refractivity contribution in [2.24, 2.45) is 11.8 Å². The van der Waals surface area contributed by atoms with Gasteiger partial charge in [-0.25, -0.2) is 0 Å². The van der Waals surface area contributed by atoms with E-state index < -0.39 is 0 Å². The molecule has 20 heavy (non-hydrogen) atoms. The summed E-state index contributed by atoms with van der Waals surface area (Å²) in [4.78, 5) is 16.9. The van der Waals surface area contributed by atoms with Crippen LogP contribution >= 0.6 is 0 Å². The minimum Gasteiger partial charge on any atom is -0.396 e. The fourth-order valence-electron chi connectivity index (χ4n) is 3.88. The first-order valence-corrected chi connectivity index (χ1v) is 8.22. The number of piperidine rings is 2. The molecular weight excluding hydrogens is 252 g/mol. The topological polar surface area (TPSA) is 43.8 Å². The number of nitrogens with zero attached hydrogens (tertiary/aromatic N) is 2. The number of aliphatic hydroxyl groups excluding tert-OH is 1. The Morgan fingerprint density at radius 2 is 1.90 bits per heavy atom. The Labute approximate surface area is 123 Å². The van der Waals surface area contributed by atoms with Crippen molar-refractivity contribution >= 4 is 5.91 Å². The highest BCUT2D eigenvalue weighted by Gasteiger charge is 2.29. The highest BCUT2D eigenvalue weighted by Crippen LogP contribution is 2.23. The lowest BCUT2D eigenvalue weighted by atomic mass is 9.92. The van der Waals surface area contributed by atoms with E-state index in [0.717, 1.165) is 32.5 Å². The number of hydrogen-bond donors (Lipinski definition) is 1. The Balaban J connectivity index is 1.88. The molecule has 4 heteroatoms. The van der Waals surface area contributed by atoms with Crippen molar-refractivity contribution in [2.75, 3.05) is 32.8 Å². The first kappa shape index (κ1) is 15.8. The van der Waals surface area contributed by atoms with Gasteiger partial charge in [-0.1, -0.05) is 20.3 Å². The summed E-state index contributed by atoms with van der Waals surface area (Å²) in [7, 11) is 0. The number of aliphatic hydroxyl groups is 1. The van der Waals surface area contributed by atoms with Crippen LogP contribution in [0.4, 0.5) is 0 Å². The molecule has 0 aromatic heterocycles. The highest BCUT2D eigenvalue weighted by atomic mass is 16.3. The fourth-order valence-corrected chi connectivity index (χ4v) is 3.88. The van der Waals surface area contributed by atoms with Crippen LogP contribution in [0.2, 0.25) is 0 Å². The van der Waals surface area contributed by atoms with Gasteiger partial charge in [-0.3, -0.25) is 9.69 Å². The summed E-state index contributed by atoms with van der Waals surface area (Å²) in [5.74, 6) is 1.53. The van der Waals surface area contributed by atoms with Crippen molar-refractivity contribution in [3.05, 3.63) is 0 Å². The summed E-state index contributed by atoms with van der Waals surface area (Å²) in [6.45, 7) is 8.10. The van der Waals surface area contributed by atoms with Gasteiger partial charge in [0.05, 0.1) is 6.54 Å². The van der Waals surface area contributed by atoms with Crippen molar-refractivity contribution in [2.45, 2.75) is 52.0 Å². The van der Waals surface area contributed by atoms with Gasteiger partial charge in [0, 0.05) is 25.7 Å². The standard InChI is InChI=1S/C16H30N2O2/c1-13-9-14(2)11-18(10-13)16(20)12-17-7-4-3-5-15(17)6-8-19/h13-15,19H,3-12H2,1-2H3. The largest absolute Gasteiger partial charge is 0.396 e. The van der Waals surface area contributed by atoms with Crippen LogP contribution in [0.15, 0.2) is 0 Å². The van der Waals surface area contributed by atoms with Crippen LogP contribution < -0.4 is 0 Å². The molecule has 0 aliphatic carbocycles. The summed E-state index contributed by atoms with van der Waals surface area (Å²) in [6.07, 6.45) is 5.58. The predicted molar refractivity (Wildman–Crippen MR) is 80.4 cm³/mol.